The van der Waals surface area contributed by atoms with E-state index in [1.165, 1.54) is 18.2 Å². The number of aliphatic hydroxyl groups excluding tert-OH is 1. The maximum absolute atomic E-state index is 13.7. The van der Waals surface area contributed by atoms with Crippen LogP contribution in [-0.4, -0.2) is 33.1 Å². The highest BCUT2D eigenvalue weighted by atomic mass is 19.1. The largest absolute Gasteiger partial charge is 0.395 e. The Balaban J connectivity index is 2.44. The number of hydrogen-bond donors (Lipinski definition) is 4. The van der Waals surface area contributed by atoms with Crippen LogP contribution in [0, 0.1) is 15.9 Å². The summed E-state index contributed by atoms with van der Waals surface area (Å²) >= 11 is 0. The third kappa shape index (κ3) is 3.35. The number of rotatable bonds is 6. The van der Waals surface area contributed by atoms with Crippen molar-refractivity contribution >= 4 is 29.0 Å². The summed E-state index contributed by atoms with van der Waals surface area (Å²) in [4.78, 5) is 18.0. The highest BCUT2D eigenvalue weighted by Gasteiger charge is 2.23. The predicted octanol–water partition coefficient (Wildman–Crippen LogP) is 1.25. The van der Waals surface area contributed by atoms with Gasteiger partial charge in [-0.15, -0.1) is 0 Å². The number of nitro groups is 1. The number of aliphatic hydroxyl groups is 1. The molecule has 0 saturated heterocycles. The molecule has 1 heterocycles. The van der Waals surface area contributed by atoms with Gasteiger partial charge in [0.2, 0.25) is 17.6 Å². The summed E-state index contributed by atoms with van der Waals surface area (Å²) in [5.41, 5.74) is 5.01. The average Bonchev–Trinajstić information content (AvgIpc) is 2.46. The molecule has 0 radical (unpaired) electrons. The fraction of sp³-hybridized carbons (Fsp3) is 0.167. The number of anilines is 4. The van der Waals surface area contributed by atoms with Gasteiger partial charge in [0.1, 0.15) is 5.82 Å². The molecule has 0 unspecified atom stereocenters. The van der Waals surface area contributed by atoms with E-state index in [1.54, 1.807) is 6.07 Å². The van der Waals surface area contributed by atoms with Gasteiger partial charge in [-0.3, -0.25) is 10.1 Å². The summed E-state index contributed by atoms with van der Waals surface area (Å²) in [6.45, 7) is -0.0489. The molecule has 9 nitrogen and oxygen atoms in total. The molecule has 0 saturated carbocycles. The molecule has 1 aromatic heterocycles. The van der Waals surface area contributed by atoms with Crippen LogP contribution in [0.4, 0.5) is 33.3 Å². The van der Waals surface area contributed by atoms with Crippen molar-refractivity contribution in [3.63, 3.8) is 0 Å². The fourth-order valence-corrected chi connectivity index (χ4v) is 1.68. The number of halogens is 1. The van der Waals surface area contributed by atoms with Gasteiger partial charge in [0.15, 0.2) is 0 Å². The van der Waals surface area contributed by atoms with Crippen LogP contribution in [0.3, 0.4) is 0 Å². The summed E-state index contributed by atoms with van der Waals surface area (Å²) in [7, 11) is 0. The van der Waals surface area contributed by atoms with E-state index in [2.05, 4.69) is 20.6 Å². The van der Waals surface area contributed by atoms with Gasteiger partial charge >= 0.3 is 5.69 Å². The molecule has 116 valence electrons. The van der Waals surface area contributed by atoms with Crippen molar-refractivity contribution in [2.24, 2.45) is 0 Å². The standard InChI is InChI=1S/C12H13FN6O3/c13-7-3-1-2-4-8(7)16-11-9(19(21)22)10(14)17-12(18-11)15-5-6-20/h1-4,20H,5-6H2,(H4,14,15,16,17,18). The minimum Gasteiger partial charge on any atom is -0.395 e. The van der Waals surface area contributed by atoms with Crippen LogP contribution in [0.2, 0.25) is 0 Å². The first-order valence-corrected chi connectivity index (χ1v) is 6.21. The van der Waals surface area contributed by atoms with E-state index in [0.29, 0.717) is 0 Å². The zero-order valence-corrected chi connectivity index (χ0v) is 11.3. The Bertz CT molecular complexity index is 697. The Morgan fingerprint density at radius 3 is 2.73 bits per heavy atom. The van der Waals surface area contributed by atoms with Gasteiger partial charge in [-0.25, -0.2) is 4.39 Å². The van der Waals surface area contributed by atoms with Gasteiger partial charge in [-0.2, -0.15) is 9.97 Å². The first kappa shape index (κ1) is 15.4. The van der Waals surface area contributed by atoms with Crippen molar-refractivity contribution < 1.29 is 14.4 Å². The van der Waals surface area contributed by atoms with E-state index in [1.807, 2.05) is 0 Å². The molecule has 0 amide bonds. The number of nitrogens with two attached hydrogens (primary N) is 1. The highest BCUT2D eigenvalue weighted by Crippen LogP contribution is 2.31. The number of nitrogens with one attached hydrogen (secondary N) is 2. The molecule has 2 rings (SSSR count). The van der Waals surface area contributed by atoms with Crippen LogP contribution in [-0.2, 0) is 0 Å². The Labute approximate surface area is 124 Å². The SMILES string of the molecule is Nc1nc(NCCO)nc(Nc2ccccc2F)c1[N+](=O)[O-]. The van der Waals surface area contributed by atoms with Crippen molar-refractivity contribution in [3.05, 3.63) is 40.2 Å². The van der Waals surface area contributed by atoms with E-state index < -0.39 is 16.4 Å². The Morgan fingerprint density at radius 2 is 2.09 bits per heavy atom. The zero-order valence-electron chi connectivity index (χ0n) is 11.3. The molecule has 0 bridgehead atoms. The molecule has 0 aliphatic carbocycles. The first-order chi connectivity index (χ1) is 10.5. The lowest BCUT2D eigenvalue weighted by molar-refractivity contribution is -0.383. The van der Waals surface area contributed by atoms with E-state index >= 15 is 0 Å². The second kappa shape index (κ2) is 6.63. The average molecular weight is 308 g/mol. The summed E-state index contributed by atoms with van der Waals surface area (Å²) in [6.07, 6.45) is 0. The van der Waals surface area contributed by atoms with Crippen LogP contribution in [0.5, 0.6) is 0 Å². The molecule has 10 heteroatoms. The van der Waals surface area contributed by atoms with Crippen molar-refractivity contribution in [1.29, 1.82) is 0 Å². The molecule has 0 aliphatic rings. The number of aromatic nitrogens is 2. The smallest absolute Gasteiger partial charge is 0.353 e. The molecule has 1 aromatic carbocycles. The van der Waals surface area contributed by atoms with Crippen LogP contribution in [0.15, 0.2) is 24.3 Å². The van der Waals surface area contributed by atoms with E-state index in [9.17, 15) is 14.5 Å². The predicted molar refractivity (Wildman–Crippen MR) is 78.4 cm³/mol. The van der Waals surface area contributed by atoms with Crippen LogP contribution < -0.4 is 16.4 Å². The summed E-state index contributed by atoms with van der Waals surface area (Å²) < 4.78 is 13.7. The third-order valence-corrected chi connectivity index (χ3v) is 2.62. The number of hydrogen-bond acceptors (Lipinski definition) is 8. The summed E-state index contributed by atoms with van der Waals surface area (Å²) in [6, 6.07) is 5.64. The molecule has 0 aliphatic heterocycles. The summed E-state index contributed by atoms with van der Waals surface area (Å²) in [5.74, 6) is -1.24. The van der Waals surface area contributed by atoms with Crippen LogP contribution >= 0.6 is 0 Å². The van der Waals surface area contributed by atoms with Gasteiger partial charge < -0.3 is 21.5 Å². The number of nitrogen functional groups attached to an aromatic ring is 1. The Hall–Kier alpha value is -3.01. The highest BCUT2D eigenvalue weighted by molar-refractivity contribution is 5.74. The normalized spacial score (nSPS) is 10.3. The van der Waals surface area contributed by atoms with Crippen molar-refractivity contribution in [1.82, 2.24) is 9.97 Å². The van der Waals surface area contributed by atoms with Gasteiger partial charge in [-0.1, -0.05) is 12.1 Å². The summed E-state index contributed by atoms with van der Waals surface area (Å²) in [5, 5.41) is 25.0. The second-order valence-corrected chi connectivity index (χ2v) is 4.14. The molecule has 2 aromatic rings. The minimum atomic E-state index is -0.756. The molecule has 0 spiro atoms. The molecular formula is C12H13FN6O3. The third-order valence-electron chi connectivity index (χ3n) is 2.62. The lowest BCUT2D eigenvalue weighted by atomic mass is 10.3. The van der Waals surface area contributed by atoms with Crippen molar-refractivity contribution in [3.8, 4) is 0 Å². The maximum Gasteiger partial charge on any atom is 0.353 e. The van der Waals surface area contributed by atoms with E-state index in [0.717, 1.165) is 0 Å². The van der Waals surface area contributed by atoms with E-state index in [4.69, 9.17) is 10.8 Å². The van der Waals surface area contributed by atoms with Crippen molar-refractivity contribution in [2.75, 3.05) is 29.5 Å². The molecular weight excluding hydrogens is 295 g/mol. The maximum atomic E-state index is 13.7. The zero-order chi connectivity index (χ0) is 16.1. The van der Waals surface area contributed by atoms with Gasteiger partial charge in [0.25, 0.3) is 0 Å². The number of nitrogens with zero attached hydrogens (tertiary/aromatic N) is 3. The lowest BCUT2D eigenvalue weighted by Gasteiger charge is -2.10. The first-order valence-electron chi connectivity index (χ1n) is 6.21. The van der Waals surface area contributed by atoms with Crippen molar-refractivity contribution in [2.45, 2.75) is 0 Å². The van der Waals surface area contributed by atoms with Gasteiger partial charge in [0, 0.05) is 6.54 Å². The molecule has 0 fully saturated rings. The quantitative estimate of drug-likeness (QED) is 0.462. The minimum absolute atomic E-state index is 0.0109. The second-order valence-electron chi connectivity index (χ2n) is 4.14. The van der Waals surface area contributed by atoms with Gasteiger partial charge in [0.05, 0.1) is 17.2 Å². The van der Waals surface area contributed by atoms with Crippen LogP contribution in [0.25, 0.3) is 0 Å². The van der Waals surface area contributed by atoms with Crippen LogP contribution in [0.1, 0.15) is 0 Å². The van der Waals surface area contributed by atoms with E-state index in [-0.39, 0.29) is 36.4 Å². The topological polar surface area (TPSA) is 139 Å². The Kier molecular flexibility index (Phi) is 4.63. The molecule has 22 heavy (non-hydrogen) atoms. The van der Waals surface area contributed by atoms with Gasteiger partial charge in [-0.05, 0) is 12.1 Å². The number of para-hydroxylation sites is 1. The lowest BCUT2D eigenvalue weighted by Crippen LogP contribution is -2.13. The monoisotopic (exact) mass is 308 g/mol. The number of benzene rings is 1. The fourth-order valence-electron chi connectivity index (χ4n) is 1.68. The Morgan fingerprint density at radius 1 is 1.36 bits per heavy atom. The molecule has 5 N–H and O–H groups in total. The molecule has 0 atom stereocenters.